The van der Waals surface area contributed by atoms with Gasteiger partial charge in [0.2, 0.25) is 5.91 Å². The number of hydrogen-bond acceptors (Lipinski definition) is 5. The lowest BCUT2D eigenvalue weighted by Crippen LogP contribution is -2.41. The number of nitrogens with zero attached hydrogens (tertiary/aromatic N) is 2. The number of thiazole rings is 1. The van der Waals surface area contributed by atoms with E-state index in [4.69, 9.17) is 0 Å². The first-order valence-corrected chi connectivity index (χ1v) is 10.0. The van der Waals surface area contributed by atoms with E-state index in [1.165, 1.54) is 41.9 Å². The van der Waals surface area contributed by atoms with Crippen molar-refractivity contribution in [3.63, 3.8) is 0 Å². The number of nitrogens with one attached hydrogen (secondary N) is 1. The highest BCUT2D eigenvalue weighted by molar-refractivity contribution is 7.13. The Hall–Kier alpha value is -1.73. The summed E-state index contributed by atoms with van der Waals surface area (Å²) < 4.78 is 0. The molecule has 0 saturated heterocycles. The normalized spacial score (nSPS) is 15.2. The Morgan fingerprint density at radius 3 is 2.71 bits per heavy atom. The van der Waals surface area contributed by atoms with E-state index in [0.29, 0.717) is 22.5 Å². The molecule has 24 heavy (non-hydrogen) atoms. The lowest BCUT2D eigenvalue weighted by Gasteiger charge is -2.29. The Morgan fingerprint density at radius 1 is 1.21 bits per heavy atom. The van der Waals surface area contributed by atoms with Crippen molar-refractivity contribution in [3.05, 3.63) is 34.0 Å². The molecule has 3 rings (SSSR count). The first-order valence-electron chi connectivity index (χ1n) is 8.24. The highest BCUT2D eigenvalue weighted by Gasteiger charge is 2.24. The quantitative estimate of drug-likeness (QED) is 0.847. The Kier molecular flexibility index (Phi) is 5.98. The molecule has 2 aromatic heterocycles. The third-order valence-electron chi connectivity index (χ3n) is 4.24. The molecule has 0 atom stereocenters. The van der Waals surface area contributed by atoms with Crippen molar-refractivity contribution in [3.8, 4) is 0 Å². The third kappa shape index (κ3) is 4.64. The molecule has 7 heteroatoms. The molecule has 0 radical (unpaired) electrons. The van der Waals surface area contributed by atoms with E-state index in [0.717, 1.165) is 12.8 Å². The lowest BCUT2D eigenvalue weighted by atomic mass is 9.89. The second-order valence-electron chi connectivity index (χ2n) is 6.05. The second-order valence-corrected chi connectivity index (χ2v) is 7.89. The van der Waals surface area contributed by atoms with Crippen LogP contribution in [0.2, 0.25) is 0 Å². The lowest BCUT2D eigenvalue weighted by molar-refractivity contribution is -0.117. The average Bonchev–Trinajstić information content (AvgIpc) is 3.28. The smallest absolute Gasteiger partial charge is 0.264 e. The predicted octanol–water partition coefficient (Wildman–Crippen LogP) is 3.87. The first kappa shape index (κ1) is 17.1. The summed E-state index contributed by atoms with van der Waals surface area (Å²) in [4.78, 5) is 31.5. The number of rotatable bonds is 6. The van der Waals surface area contributed by atoms with Crippen molar-refractivity contribution in [1.82, 2.24) is 9.88 Å². The van der Waals surface area contributed by atoms with Crippen LogP contribution in [0.25, 0.3) is 0 Å². The number of carbonyl (C=O) groups excluding carboxylic acids is 2. The fourth-order valence-corrected chi connectivity index (χ4v) is 4.31. The van der Waals surface area contributed by atoms with Crippen LogP contribution < -0.4 is 5.32 Å². The molecular weight excluding hydrogens is 342 g/mol. The van der Waals surface area contributed by atoms with Crippen molar-refractivity contribution in [2.75, 3.05) is 18.4 Å². The zero-order chi connectivity index (χ0) is 16.8. The van der Waals surface area contributed by atoms with Crippen molar-refractivity contribution < 1.29 is 9.59 Å². The van der Waals surface area contributed by atoms with E-state index in [2.05, 4.69) is 10.3 Å². The molecule has 1 N–H and O–H groups in total. The van der Waals surface area contributed by atoms with Gasteiger partial charge in [0.05, 0.1) is 4.88 Å². The SMILES string of the molecule is O=C(CN(CC1CCCCC1)C(=O)c1cccs1)Nc1nccs1. The largest absolute Gasteiger partial charge is 0.328 e. The van der Waals surface area contributed by atoms with Crippen molar-refractivity contribution >= 4 is 39.6 Å². The summed E-state index contributed by atoms with van der Waals surface area (Å²) in [5, 5.41) is 7.04. The summed E-state index contributed by atoms with van der Waals surface area (Å²) in [6.45, 7) is 0.731. The molecule has 2 amide bonds. The van der Waals surface area contributed by atoms with Crippen molar-refractivity contribution in [1.29, 1.82) is 0 Å². The van der Waals surface area contributed by atoms with Gasteiger partial charge in [-0.05, 0) is 30.2 Å². The number of thiophene rings is 1. The van der Waals surface area contributed by atoms with Crippen LogP contribution in [0.5, 0.6) is 0 Å². The molecule has 2 aromatic rings. The molecule has 128 valence electrons. The van der Waals surface area contributed by atoms with E-state index in [1.807, 2.05) is 22.9 Å². The number of amides is 2. The maximum atomic E-state index is 12.8. The molecule has 0 spiro atoms. The fraction of sp³-hybridized carbons (Fsp3) is 0.471. The maximum absolute atomic E-state index is 12.8. The van der Waals surface area contributed by atoms with Gasteiger partial charge in [-0.25, -0.2) is 4.98 Å². The number of hydrogen-bond donors (Lipinski definition) is 1. The Balaban J connectivity index is 1.66. The van der Waals surface area contributed by atoms with Crippen LogP contribution in [0.3, 0.4) is 0 Å². The number of anilines is 1. The van der Waals surface area contributed by atoms with Crippen LogP contribution in [-0.2, 0) is 4.79 Å². The van der Waals surface area contributed by atoms with Crippen LogP contribution in [0.15, 0.2) is 29.1 Å². The summed E-state index contributed by atoms with van der Waals surface area (Å²) in [6.07, 6.45) is 7.65. The van der Waals surface area contributed by atoms with Gasteiger partial charge in [-0.1, -0.05) is 25.3 Å². The third-order valence-corrected chi connectivity index (χ3v) is 5.78. The fourth-order valence-electron chi connectivity index (χ4n) is 3.07. The minimum atomic E-state index is -0.189. The highest BCUT2D eigenvalue weighted by Crippen LogP contribution is 2.25. The summed E-state index contributed by atoms with van der Waals surface area (Å²) in [6, 6.07) is 3.69. The predicted molar refractivity (Wildman–Crippen MR) is 97.5 cm³/mol. The van der Waals surface area contributed by atoms with Gasteiger partial charge in [-0.3, -0.25) is 9.59 Å². The molecule has 0 unspecified atom stereocenters. The zero-order valence-corrected chi connectivity index (χ0v) is 15.1. The molecular formula is C17H21N3O2S2. The summed E-state index contributed by atoms with van der Waals surface area (Å²) >= 11 is 2.80. The molecule has 1 aliphatic rings. The maximum Gasteiger partial charge on any atom is 0.264 e. The number of aromatic nitrogens is 1. The zero-order valence-electron chi connectivity index (χ0n) is 13.4. The summed E-state index contributed by atoms with van der Waals surface area (Å²) in [7, 11) is 0. The Morgan fingerprint density at radius 2 is 2.04 bits per heavy atom. The van der Waals surface area contributed by atoms with Gasteiger partial charge in [0.15, 0.2) is 5.13 Å². The van der Waals surface area contributed by atoms with E-state index in [-0.39, 0.29) is 18.4 Å². The Labute approximate surface area is 149 Å². The van der Waals surface area contributed by atoms with Gasteiger partial charge >= 0.3 is 0 Å². The molecule has 1 saturated carbocycles. The molecule has 1 fully saturated rings. The average molecular weight is 364 g/mol. The molecule has 1 aliphatic carbocycles. The standard InChI is InChI=1S/C17H21N3O2S2/c21-15(19-17-18-8-10-24-17)12-20(11-13-5-2-1-3-6-13)16(22)14-7-4-9-23-14/h4,7-10,13H,1-3,5-6,11-12H2,(H,18,19,21). The van der Waals surface area contributed by atoms with Crippen LogP contribution in [0.1, 0.15) is 41.8 Å². The van der Waals surface area contributed by atoms with E-state index in [9.17, 15) is 9.59 Å². The minimum absolute atomic E-state index is 0.0511. The van der Waals surface area contributed by atoms with Crippen molar-refractivity contribution in [2.24, 2.45) is 5.92 Å². The van der Waals surface area contributed by atoms with Crippen LogP contribution >= 0.6 is 22.7 Å². The molecule has 0 aromatic carbocycles. The summed E-state index contributed by atoms with van der Waals surface area (Å²) in [5.41, 5.74) is 0. The van der Waals surface area contributed by atoms with Crippen LogP contribution in [0.4, 0.5) is 5.13 Å². The second kappa shape index (κ2) is 8.39. The highest BCUT2D eigenvalue weighted by atomic mass is 32.1. The summed E-state index contributed by atoms with van der Waals surface area (Å²) in [5.74, 6) is 0.255. The van der Waals surface area contributed by atoms with Crippen LogP contribution in [0, 0.1) is 5.92 Å². The topological polar surface area (TPSA) is 62.3 Å². The number of carbonyl (C=O) groups is 2. The monoisotopic (exact) mass is 363 g/mol. The van der Waals surface area contributed by atoms with Gasteiger partial charge in [-0.2, -0.15) is 0 Å². The van der Waals surface area contributed by atoms with E-state index in [1.54, 1.807) is 11.1 Å². The van der Waals surface area contributed by atoms with Gasteiger partial charge in [0.1, 0.15) is 6.54 Å². The van der Waals surface area contributed by atoms with E-state index < -0.39 is 0 Å². The van der Waals surface area contributed by atoms with Gasteiger partial charge in [0.25, 0.3) is 5.91 Å². The van der Waals surface area contributed by atoms with Gasteiger partial charge < -0.3 is 10.2 Å². The van der Waals surface area contributed by atoms with E-state index >= 15 is 0 Å². The molecule has 5 nitrogen and oxygen atoms in total. The minimum Gasteiger partial charge on any atom is -0.328 e. The van der Waals surface area contributed by atoms with Crippen molar-refractivity contribution in [2.45, 2.75) is 32.1 Å². The molecule has 0 aliphatic heterocycles. The van der Waals surface area contributed by atoms with Gasteiger partial charge in [0, 0.05) is 18.1 Å². The molecule has 0 bridgehead atoms. The van der Waals surface area contributed by atoms with Gasteiger partial charge in [-0.15, -0.1) is 22.7 Å². The molecule has 2 heterocycles. The first-order chi connectivity index (χ1) is 11.7. The van der Waals surface area contributed by atoms with Crippen LogP contribution in [-0.4, -0.2) is 34.8 Å². The Bertz CT molecular complexity index is 649.